The van der Waals surface area contributed by atoms with Crippen LogP contribution in [0.3, 0.4) is 0 Å². The van der Waals surface area contributed by atoms with Gasteiger partial charge < -0.3 is 0 Å². The van der Waals surface area contributed by atoms with Gasteiger partial charge in [-0.25, -0.2) is 4.39 Å². The molecule has 0 saturated carbocycles. The summed E-state index contributed by atoms with van der Waals surface area (Å²) in [5, 5.41) is 0. The van der Waals surface area contributed by atoms with Gasteiger partial charge in [-0.05, 0) is 24.3 Å². The minimum absolute atomic E-state index is 0.00427. The molecule has 1 rings (SSSR count). The normalized spacial score (nSPS) is 14.5. The molecule has 0 atom stereocenters. The van der Waals surface area contributed by atoms with E-state index in [-0.39, 0.29) is 24.3 Å². The lowest BCUT2D eigenvalue weighted by Gasteiger charge is -2.33. The summed E-state index contributed by atoms with van der Waals surface area (Å²) in [5.41, 5.74) is -1.87. The monoisotopic (exact) mass is 314 g/mol. The number of hydrogen-bond donors (Lipinski definition) is 0. The molecule has 0 heterocycles. The molecule has 20 heavy (non-hydrogen) atoms. The van der Waals surface area contributed by atoms with Crippen LogP contribution in [0.2, 0.25) is 0 Å². The van der Waals surface area contributed by atoms with E-state index in [1.54, 1.807) is 0 Å². The van der Waals surface area contributed by atoms with E-state index >= 15 is 0 Å². The van der Waals surface area contributed by atoms with Gasteiger partial charge in [-0.15, -0.1) is 0 Å². The highest BCUT2D eigenvalue weighted by molar-refractivity contribution is 5.25. The molecule has 0 spiro atoms. The zero-order valence-electron chi connectivity index (χ0n) is 9.09. The van der Waals surface area contributed by atoms with E-state index in [2.05, 4.69) is 0 Å². The van der Waals surface area contributed by atoms with E-state index < -0.39 is 35.3 Å². The van der Waals surface area contributed by atoms with E-state index in [9.17, 15) is 43.9 Å². The molecule has 0 N–H and O–H groups in total. The van der Waals surface area contributed by atoms with Crippen LogP contribution < -0.4 is 0 Å². The first-order valence-electron chi connectivity index (χ1n) is 4.71. The van der Waals surface area contributed by atoms with Crippen molar-refractivity contribution in [3.05, 3.63) is 35.6 Å². The number of alkyl halides is 9. The van der Waals surface area contributed by atoms with Crippen molar-refractivity contribution in [2.24, 2.45) is 0 Å². The Balaban J connectivity index is 3.35. The van der Waals surface area contributed by atoms with Crippen molar-refractivity contribution in [2.45, 2.75) is 23.9 Å². The molecule has 0 fully saturated rings. The average molecular weight is 314 g/mol. The van der Waals surface area contributed by atoms with Gasteiger partial charge >= 0.3 is 23.9 Å². The maximum atomic E-state index is 13.2. The quantitative estimate of drug-likeness (QED) is 0.706. The van der Waals surface area contributed by atoms with E-state index in [4.69, 9.17) is 0 Å². The Hall–Kier alpha value is -1.48. The van der Waals surface area contributed by atoms with Gasteiger partial charge in [0.15, 0.2) is 0 Å². The third kappa shape index (κ3) is 2.31. The van der Waals surface area contributed by atoms with Crippen molar-refractivity contribution in [1.29, 1.82) is 0 Å². The van der Waals surface area contributed by atoms with E-state index in [0.717, 1.165) is 0 Å². The highest BCUT2D eigenvalue weighted by Crippen LogP contribution is 2.56. The Kier molecular flexibility index (Phi) is 3.75. The summed E-state index contributed by atoms with van der Waals surface area (Å²) in [6.07, 6.45) is -6.88. The number of halogens is 10. The maximum absolute atomic E-state index is 13.2. The first-order valence-corrected chi connectivity index (χ1v) is 4.71. The lowest BCUT2D eigenvalue weighted by Crippen LogP contribution is -2.59. The van der Waals surface area contributed by atoms with Crippen LogP contribution >= 0.6 is 0 Å². The van der Waals surface area contributed by atoms with Gasteiger partial charge in [-0.3, -0.25) is 0 Å². The second-order valence-corrected chi connectivity index (χ2v) is 3.73. The summed E-state index contributed by atoms with van der Waals surface area (Å²) >= 11 is 0. The van der Waals surface area contributed by atoms with Crippen LogP contribution in [0.5, 0.6) is 0 Å². The molecule has 0 aliphatic carbocycles. The standard InChI is InChI=1S/C10H4F10/c11-6-3-1-5(2-4-6)7(12,13)8(14,15)9(16,17)10(18,19)20/h1-4H. The van der Waals surface area contributed by atoms with Gasteiger partial charge in [0.2, 0.25) is 0 Å². The van der Waals surface area contributed by atoms with Crippen LogP contribution in [-0.2, 0) is 5.92 Å². The third-order valence-electron chi connectivity index (χ3n) is 2.35. The molecule has 0 aromatic heterocycles. The van der Waals surface area contributed by atoms with Gasteiger partial charge in [0.1, 0.15) is 5.82 Å². The molecular weight excluding hydrogens is 310 g/mol. The number of benzene rings is 1. The van der Waals surface area contributed by atoms with Crippen molar-refractivity contribution in [1.82, 2.24) is 0 Å². The molecule has 1 aromatic carbocycles. The molecule has 10 heteroatoms. The van der Waals surface area contributed by atoms with Crippen molar-refractivity contribution in [2.75, 3.05) is 0 Å². The largest absolute Gasteiger partial charge is 0.460 e. The van der Waals surface area contributed by atoms with E-state index in [0.29, 0.717) is 0 Å². The molecule has 0 aliphatic rings. The van der Waals surface area contributed by atoms with Crippen molar-refractivity contribution in [3.8, 4) is 0 Å². The fraction of sp³-hybridized carbons (Fsp3) is 0.400. The summed E-state index contributed by atoms with van der Waals surface area (Å²) in [5.74, 6) is -20.7. The summed E-state index contributed by atoms with van der Waals surface area (Å²) in [7, 11) is 0. The van der Waals surface area contributed by atoms with Gasteiger partial charge in [0, 0.05) is 5.56 Å². The summed E-state index contributed by atoms with van der Waals surface area (Å²) in [4.78, 5) is 0. The Labute approximate surface area is 105 Å². The fourth-order valence-electron chi connectivity index (χ4n) is 1.22. The van der Waals surface area contributed by atoms with Crippen LogP contribution in [0, 0.1) is 5.82 Å². The Morgan fingerprint density at radius 3 is 1.35 bits per heavy atom. The van der Waals surface area contributed by atoms with E-state index in [1.165, 1.54) is 0 Å². The fourth-order valence-corrected chi connectivity index (χ4v) is 1.22. The van der Waals surface area contributed by atoms with Crippen LogP contribution in [0.15, 0.2) is 24.3 Å². The third-order valence-corrected chi connectivity index (χ3v) is 2.35. The minimum Gasteiger partial charge on any atom is -0.207 e. The zero-order chi connectivity index (χ0) is 16.0. The van der Waals surface area contributed by atoms with Crippen LogP contribution in [-0.4, -0.2) is 18.0 Å². The Morgan fingerprint density at radius 1 is 0.600 bits per heavy atom. The molecule has 114 valence electrons. The molecule has 0 amide bonds. The molecule has 0 radical (unpaired) electrons. The molecular formula is C10H4F10. The van der Waals surface area contributed by atoms with Crippen molar-refractivity contribution in [3.63, 3.8) is 0 Å². The van der Waals surface area contributed by atoms with Gasteiger partial charge in [-0.2, -0.15) is 39.5 Å². The lowest BCUT2D eigenvalue weighted by atomic mass is 9.97. The summed E-state index contributed by atoms with van der Waals surface area (Å²) in [6, 6.07) is 0.446. The first kappa shape index (κ1) is 16.6. The number of hydrogen-bond acceptors (Lipinski definition) is 0. The number of rotatable bonds is 3. The summed E-state index contributed by atoms with van der Waals surface area (Å²) in [6.45, 7) is 0. The van der Waals surface area contributed by atoms with Crippen LogP contribution in [0.4, 0.5) is 43.9 Å². The topological polar surface area (TPSA) is 0 Å². The maximum Gasteiger partial charge on any atom is 0.460 e. The van der Waals surface area contributed by atoms with Gasteiger partial charge in [0.05, 0.1) is 0 Å². The minimum atomic E-state index is -6.96. The molecule has 1 aromatic rings. The Bertz CT molecular complexity index is 470. The molecule has 0 nitrogen and oxygen atoms in total. The highest BCUT2D eigenvalue weighted by atomic mass is 19.4. The lowest BCUT2D eigenvalue weighted by molar-refractivity contribution is -0.399. The van der Waals surface area contributed by atoms with Gasteiger partial charge in [-0.1, -0.05) is 0 Å². The Morgan fingerprint density at radius 2 is 1.00 bits per heavy atom. The predicted molar refractivity (Wildman–Crippen MR) is 46.2 cm³/mol. The van der Waals surface area contributed by atoms with Crippen molar-refractivity contribution < 1.29 is 43.9 Å². The van der Waals surface area contributed by atoms with Crippen LogP contribution in [0.25, 0.3) is 0 Å². The van der Waals surface area contributed by atoms with Crippen LogP contribution in [0.1, 0.15) is 5.56 Å². The first-order chi connectivity index (χ1) is 8.75. The molecule has 0 unspecified atom stereocenters. The zero-order valence-corrected chi connectivity index (χ0v) is 9.09. The van der Waals surface area contributed by atoms with Gasteiger partial charge in [0.25, 0.3) is 0 Å². The smallest absolute Gasteiger partial charge is 0.207 e. The summed E-state index contributed by atoms with van der Waals surface area (Å²) < 4.78 is 125. The molecule has 0 saturated heterocycles. The molecule has 0 aliphatic heterocycles. The molecule has 0 bridgehead atoms. The van der Waals surface area contributed by atoms with Crippen molar-refractivity contribution >= 4 is 0 Å². The predicted octanol–water partition coefficient (Wildman–Crippen LogP) is 4.75. The SMILES string of the molecule is Fc1ccc(C(F)(F)C(F)(F)C(F)(F)C(F)(F)F)cc1. The second-order valence-electron chi connectivity index (χ2n) is 3.73. The second kappa shape index (κ2) is 4.52. The van der Waals surface area contributed by atoms with E-state index in [1.807, 2.05) is 0 Å². The highest BCUT2D eigenvalue weighted by Gasteiger charge is 2.81. The average Bonchev–Trinajstić information content (AvgIpc) is 2.27.